The molecular formula is C50H74N6O4S2. The molecule has 10 nitrogen and oxygen atoms in total. The summed E-state index contributed by atoms with van der Waals surface area (Å²) in [6.07, 6.45) is 23.2. The summed E-state index contributed by atoms with van der Waals surface area (Å²) in [5.74, 6) is 6.59. The van der Waals surface area contributed by atoms with Gasteiger partial charge in [0, 0.05) is 47.4 Å². The molecule has 8 aliphatic rings. The number of ether oxygens (including phenoxy) is 1. The van der Waals surface area contributed by atoms with Crippen LogP contribution in [0, 0.1) is 46.3 Å². The highest BCUT2D eigenvalue weighted by molar-refractivity contribution is 8.76. The predicted molar refractivity (Wildman–Crippen MR) is 254 cm³/mol. The molecule has 340 valence electrons. The van der Waals surface area contributed by atoms with Crippen LogP contribution in [0.4, 0.5) is 0 Å². The zero-order chi connectivity index (χ0) is 42.9. The number of nitrogens with one attached hydrogen (secondary N) is 3. The fourth-order valence-electron chi connectivity index (χ4n) is 15.0. The second-order valence-electron chi connectivity index (χ2n) is 22.1. The molecule has 7 N–H and O–H groups in total. The number of fused-ring (bicyclic) bond motifs is 8. The van der Waals surface area contributed by atoms with Gasteiger partial charge in [-0.25, -0.2) is 4.99 Å². The van der Waals surface area contributed by atoms with Crippen molar-refractivity contribution in [3.63, 3.8) is 0 Å². The molecular weight excluding hydrogens is 813 g/mol. The Bertz CT molecular complexity index is 2040. The van der Waals surface area contributed by atoms with Gasteiger partial charge in [-0.3, -0.25) is 4.99 Å². The highest BCUT2D eigenvalue weighted by Crippen LogP contribution is 2.70. The van der Waals surface area contributed by atoms with Gasteiger partial charge in [-0.1, -0.05) is 52.8 Å². The van der Waals surface area contributed by atoms with E-state index in [1.165, 1.54) is 54.2 Å². The number of benzene rings is 1. The van der Waals surface area contributed by atoms with Crippen molar-refractivity contribution in [2.75, 3.05) is 18.7 Å². The molecule has 0 amide bonds. The molecule has 7 fully saturated rings. The molecule has 6 aliphatic carbocycles. The number of epoxide rings is 1. The number of nitrogens with zero attached hydrogens (tertiary/aromatic N) is 2. The average molecular weight is 887 g/mol. The van der Waals surface area contributed by atoms with E-state index in [4.69, 9.17) is 26.5 Å². The van der Waals surface area contributed by atoms with E-state index >= 15 is 0 Å². The first kappa shape index (κ1) is 43.5. The van der Waals surface area contributed by atoms with Gasteiger partial charge >= 0.3 is 0 Å². The maximum atomic E-state index is 11.4. The van der Waals surface area contributed by atoms with Crippen LogP contribution in [0.1, 0.15) is 134 Å². The third-order valence-electron chi connectivity index (χ3n) is 18.2. The van der Waals surface area contributed by atoms with Crippen LogP contribution in [-0.4, -0.2) is 76.4 Å². The number of allylic oxidation sites excluding steroid dienone is 1. The van der Waals surface area contributed by atoms with Gasteiger partial charge in [0.05, 0.1) is 41.8 Å². The predicted octanol–water partition coefficient (Wildman–Crippen LogP) is 8.84. The Labute approximate surface area is 378 Å². The molecule has 2 bridgehead atoms. The summed E-state index contributed by atoms with van der Waals surface area (Å²) < 4.78 is 12.5. The maximum absolute atomic E-state index is 11.4. The number of furan rings is 1. The Kier molecular flexibility index (Phi) is 12.0. The van der Waals surface area contributed by atoms with E-state index < -0.39 is 5.60 Å². The van der Waals surface area contributed by atoms with E-state index in [2.05, 4.69) is 46.9 Å². The maximum Gasteiger partial charge on any atom is 0.193 e. The van der Waals surface area contributed by atoms with Gasteiger partial charge in [0.2, 0.25) is 0 Å². The monoisotopic (exact) mass is 887 g/mol. The van der Waals surface area contributed by atoms with Gasteiger partial charge in [-0.05, 0) is 169 Å². The number of aliphatic hydroxyl groups is 2. The first-order valence-electron chi connectivity index (χ1n) is 24.4. The Hall–Kier alpha value is -2.38. The number of rotatable bonds is 6. The molecule has 1 spiro atoms. The number of guanidine groups is 2. The third kappa shape index (κ3) is 8.36. The van der Waals surface area contributed by atoms with Crippen LogP contribution in [0.25, 0.3) is 10.8 Å². The van der Waals surface area contributed by atoms with E-state index in [0.29, 0.717) is 54.0 Å². The zero-order valence-corrected chi connectivity index (χ0v) is 39.3. The Morgan fingerprint density at radius 3 is 2.76 bits per heavy atom. The minimum atomic E-state index is -0.694. The summed E-state index contributed by atoms with van der Waals surface area (Å²) in [5, 5.41) is 35.1. The highest BCUT2D eigenvalue weighted by Gasteiger charge is 2.67. The van der Waals surface area contributed by atoms with Crippen molar-refractivity contribution >= 4 is 44.3 Å². The van der Waals surface area contributed by atoms with Crippen molar-refractivity contribution in [3.8, 4) is 0 Å². The van der Waals surface area contributed by atoms with E-state index in [1.54, 1.807) is 0 Å². The van der Waals surface area contributed by atoms with Gasteiger partial charge in [0.25, 0.3) is 0 Å². The summed E-state index contributed by atoms with van der Waals surface area (Å²) in [4.78, 5) is 9.96. The lowest BCUT2D eigenvalue weighted by Gasteiger charge is -2.59. The summed E-state index contributed by atoms with van der Waals surface area (Å²) in [6.45, 7) is 10.0. The van der Waals surface area contributed by atoms with E-state index in [-0.39, 0.29) is 34.7 Å². The van der Waals surface area contributed by atoms with Crippen LogP contribution in [-0.2, 0) is 17.6 Å². The summed E-state index contributed by atoms with van der Waals surface area (Å²) in [7, 11) is 5.78. The molecule has 0 radical (unpaired) electrons. The average Bonchev–Trinajstić information content (AvgIpc) is 3.54. The Morgan fingerprint density at radius 1 is 1.02 bits per heavy atom. The van der Waals surface area contributed by atoms with Crippen LogP contribution >= 0.6 is 21.6 Å². The molecule has 3 heterocycles. The molecule has 2 aliphatic heterocycles. The SMILES string of the molecule is C=C1CC2(CCC(CCC3(O)CCCC(O)C3)C2)C2OC2(C)CCC2C1CC2(C)C1CC2CC1CSSCNC(=NC)NC2N=C(N)NC1CCCc2ccc3cocc3c2C1. The topological polar surface area (TPSA) is 153 Å². The van der Waals surface area contributed by atoms with Crippen LogP contribution < -0.4 is 21.7 Å². The first-order valence-corrected chi connectivity index (χ1v) is 26.9. The van der Waals surface area contributed by atoms with Crippen LogP contribution in [0.3, 0.4) is 0 Å². The number of aryl methyl sites for hydroxylation is 1. The zero-order valence-electron chi connectivity index (χ0n) is 37.6. The fraction of sp³-hybridized carbons (Fsp3) is 0.760. The molecule has 14 atom stereocenters. The van der Waals surface area contributed by atoms with Crippen LogP contribution in [0.15, 0.2) is 51.2 Å². The quantitative estimate of drug-likeness (QED) is 0.0415. The van der Waals surface area contributed by atoms with Gasteiger partial charge in [0.1, 0.15) is 6.17 Å². The fourth-order valence-corrected chi connectivity index (χ4v) is 17.2. The van der Waals surface area contributed by atoms with Crippen molar-refractivity contribution in [2.24, 2.45) is 62.1 Å². The third-order valence-corrected chi connectivity index (χ3v) is 20.4. The largest absolute Gasteiger partial charge is 0.471 e. The molecule has 1 aromatic carbocycles. The van der Waals surface area contributed by atoms with E-state index in [9.17, 15) is 10.2 Å². The molecule has 5 saturated carbocycles. The molecule has 10 rings (SSSR count). The lowest BCUT2D eigenvalue weighted by Crippen LogP contribution is -2.53. The van der Waals surface area contributed by atoms with Crippen molar-refractivity contribution in [3.05, 3.63) is 47.9 Å². The summed E-state index contributed by atoms with van der Waals surface area (Å²) in [6, 6.07) is 4.67. The standard InChI is InChI=1S/C50H74N6O4S2/c1-30-22-49(17-12-31(23-49)13-18-50(58)15-6-9-37(57)24-50)44-48(3,60-44)16-14-41-39(30)25-47(41,2)42-20-34-19-35(42)28-61-62-29-53-46(52-4)56-43(34)55-45(51)54-36-8-5-7-32-10-11-33-26-59-27-40(33)38(32)21-36/h10-11,26-27,31,34-37,39,41-44,57-58H,1,5-9,12-25,28-29H2,2-4H3,(H3,51,54,55)(H2,52,53,56). The van der Waals surface area contributed by atoms with Crippen molar-refractivity contribution < 1.29 is 19.4 Å². The number of aliphatic imine (C=N–C) groups is 2. The Balaban J connectivity index is 0.846. The van der Waals surface area contributed by atoms with Crippen molar-refractivity contribution in [1.82, 2.24) is 16.0 Å². The van der Waals surface area contributed by atoms with Crippen LogP contribution in [0.2, 0.25) is 0 Å². The smallest absolute Gasteiger partial charge is 0.193 e. The van der Waals surface area contributed by atoms with Crippen LogP contribution in [0.5, 0.6) is 0 Å². The minimum Gasteiger partial charge on any atom is -0.471 e. The molecule has 14 unspecified atom stereocenters. The number of nitrogens with two attached hydrogens (primary N) is 1. The van der Waals surface area contributed by atoms with Gasteiger partial charge in [0.15, 0.2) is 11.9 Å². The van der Waals surface area contributed by atoms with Gasteiger partial charge in [-0.15, -0.1) is 0 Å². The van der Waals surface area contributed by atoms with Crippen molar-refractivity contribution in [1.29, 1.82) is 0 Å². The highest BCUT2D eigenvalue weighted by atomic mass is 33.1. The number of aliphatic hydroxyl groups excluding tert-OH is 1. The second kappa shape index (κ2) is 17.1. The number of hydrogen-bond donors (Lipinski definition) is 6. The summed E-state index contributed by atoms with van der Waals surface area (Å²) >= 11 is 0. The first-order chi connectivity index (χ1) is 29.9. The van der Waals surface area contributed by atoms with Gasteiger partial charge < -0.3 is 41.1 Å². The van der Waals surface area contributed by atoms with Crippen molar-refractivity contribution in [2.45, 2.75) is 171 Å². The van der Waals surface area contributed by atoms with E-state index in [0.717, 1.165) is 106 Å². The Morgan fingerprint density at radius 2 is 1.90 bits per heavy atom. The lowest BCUT2D eigenvalue weighted by molar-refractivity contribution is -0.0805. The van der Waals surface area contributed by atoms with E-state index in [1.807, 2.05) is 41.2 Å². The summed E-state index contributed by atoms with van der Waals surface area (Å²) in [5.41, 5.74) is 10.9. The minimum absolute atomic E-state index is 0.0472. The molecule has 12 heteroatoms. The molecule has 62 heavy (non-hydrogen) atoms. The van der Waals surface area contributed by atoms with Gasteiger partial charge in [-0.2, -0.15) is 0 Å². The molecule has 1 aromatic heterocycles. The second-order valence-corrected chi connectivity index (χ2v) is 24.6. The molecule has 2 aromatic rings. The lowest BCUT2D eigenvalue weighted by atomic mass is 9.45. The normalized spacial score (nSPS) is 44.3. The number of hydrogen-bond acceptors (Lipinski definition) is 8. The molecule has 2 saturated heterocycles.